The second-order valence-electron chi connectivity index (χ2n) is 1.08. The Morgan fingerprint density at radius 2 is 1.27 bits per heavy atom. The minimum atomic E-state index is 0. The topological polar surface area (TPSA) is 20.2 Å². The first-order valence-electron chi connectivity index (χ1n) is 2.36. The van der Waals surface area contributed by atoms with Gasteiger partial charge in [0.2, 0.25) is 0 Å². The molecule has 0 bridgehead atoms. The maximum Gasteiger partial charge on any atom is 3.00 e. The van der Waals surface area contributed by atoms with E-state index in [0.29, 0.717) is 0 Å². The number of aliphatic hydroxyl groups excluding tert-OH is 1. The van der Waals surface area contributed by atoms with Crippen molar-refractivity contribution in [3.8, 4) is 0 Å². The van der Waals surface area contributed by atoms with E-state index in [1.807, 2.05) is 30.3 Å². The summed E-state index contributed by atoms with van der Waals surface area (Å²) in [6, 6.07) is 12.5. The fourth-order valence-electron chi connectivity index (χ4n) is 0.342. The number of aliphatic hydroxyl groups is 1. The van der Waals surface area contributed by atoms with Gasteiger partial charge in [0, 0.05) is 7.11 Å². The van der Waals surface area contributed by atoms with Gasteiger partial charge in [0.15, 0.2) is 0 Å². The molecule has 0 fully saturated rings. The third-order valence-electron chi connectivity index (χ3n) is 0.607. The number of benzene rings is 1. The summed E-state index contributed by atoms with van der Waals surface area (Å²) in [5.41, 5.74) is 0. The van der Waals surface area contributed by atoms with Crippen molar-refractivity contribution in [2.45, 2.75) is 0 Å². The van der Waals surface area contributed by atoms with Crippen LogP contribution in [0.4, 0.5) is 0 Å². The second-order valence-corrected chi connectivity index (χ2v) is 1.08. The molecule has 1 aromatic rings. The van der Waals surface area contributed by atoms with E-state index in [4.69, 9.17) is 5.11 Å². The Bertz CT molecular complexity index is 88.4. The molecule has 0 heterocycles. The monoisotopic (exact) mass is 227 g/mol. The summed E-state index contributed by atoms with van der Waals surface area (Å²) in [5, 5.41) is 7.00. The summed E-state index contributed by atoms with van der Waals surface area (Å²) in [4.78, 5) is 0. The third-order valence-corrected chi connectivity index (χ3v) is 0.607. The second kappa shape index (κ2) is 22.4. The molecule has 0 atom stereocenters. The van der Waals surface area contributed by atoms with Gasteiger partial charge in [-0.2, -0.15) is 36.4 Å². The Morgan fingerprint density at radius 3 is 1.36 bits per heavy atom. The molecule has 0 aliphatic rings. The Labute approximate surface area is 94.9 Å². The zero-order valence-electron chi connectivity index (χ0n) is 6.09. The standard InChI is InChI=1S/C6H5.CH4O.2ClH.Ti/c1-2-4-6-5-3-1;1-2;;;/h1-5H;2H,1H3;2*1H;/q-1;;;;+3/p-2. The molecule has 0 aliphatic heterocycles. The van der Waals surface area contributed by atoms with Crippen LogP contribution in [0.3, 0.4) is 0 Å². The van der Waals surface area contributed by atoms with Crippen molar-refractivity contribution in [1.29, 1.82) is 0 Å². The molecule has 1 N–H and O–H groups in total. The van der Waals surface area contributed by atoms with Gasteiger partial charge in [0.05, 0.1) is 0 Å². The smallest absolute Gasteiger partial charge is 1.00 e. The molecule has 1 rings (SSSR count). The Balaban J connectivity index is -0.0000000459. The van der Waals surface area contributed by atoms with Crippen LogP contribution in [0.25, 0.3) is 0 Å². The minimum Gasteiger partial charge on any atom is -1.00 e. The van der Waals surface area contributed by atoms with E-state index in [0.717, 1.165) is 7.11 Å². The Kier molecular flexibility index (Phi) is 45.9. The number of hydrogen-bond donors (Lipinski definition) is 1. The first-order valence-corrected chi connectivity index (χ1v) is 2.36. The van der Waals surface area contributed by atoms with Gasteiger partial charge in [-0.15, -0.1) is 0 Å². The molecule has 0 aliphatic carbocycles. The SMILES string of the molecule is CO.[Cl-].[Cl-].[Ti+3].[c-]1ccccc1. The number of rotatable bonds is 0. The van der Waals surface area contributed by atoms with Gasteiger partial charge >= 0.3 is 21.7 Å². The van der Waals surface area contributed by atoms with E-state index < -0.39 is 0 Å². The van der Waals surface area contributed by atoms with Crippen molar-refractivity contribution in [1.82, 2.24) is 0 Å². The fraction of sp³-hybridized carbons (Fsp3) is 0.143. The van der Waals surface area contributed by atoms with Crippen LogP contribution in [0.2, 0.25) is 0 Å². The van der Waals surface area contributed by atoms with E-state index in [-0.39, 0.29) is 46.5 Å². The van der Waals surface area contributed by atoms with Gasteiger partial charge in [0.1, 0.15) is 0 Å². The quantitative estimate of drug-likeness (QED) is 0.348. The molecule has 0 unspecified atom stereocenters. The number of halogens is 2. The molecule has 0 amide bonds. The summed E-state index contributed by atoms with van der Waals surface area (Å²) in [5.74, 6) is 0. The summed E-state index contributed by atoms with van der Waals surface area (Å²) in [6.07, 6.45) is 0. The zero-order chi connectivity index (χ0) is 6.24. The van der Waals surface area contributed by atoms with Gasteiger partial charge < -0.3 is 29.9 Å². The molecule has 1 nitrogen and oxygen atoms in total. The van der Waals surface area contributed by atoms with Crippen LogP contribution in [0.15, 0.2) is 30.3 Å². The summed E-state index contributed by atoms with van der Waals surface area (Å²) >= 11 is 0. The first kappa shape index (κ1) is 22.5. The van der Waals surface area contributed by atoms with E-state index in [9.17, 15) is 0 Å². The minimum absolute atomic E-state index is 0. The van der Waals surface area contributed by atoms with Crippen LogP contribution in [-0.2, 0) is 21.7 Å². The van der Waals surface area contributed by atoms with Gasteiger partial charge in [-0.25, -0.2) is 0 Å². The third kappa shape index (κ3) is 17.9. The largest absolute Gasteiger partial charge is 3.00 e. The van der Waals surface area contributed by atoms with Crippen LogP contribution < -0.4 is 24.8 Å². The van der Waals surface area contributed by atoms with Gasteiger partial charge in [-0.1, -0.05) is 0 Å². The van der Waals surface area contributed by atoms with Crippen LogP contribution in [0, 0.1) is 6.07 Å². The summed E-state index contributed by atoms with van der Waals surface area (Å²) in [6.45, 7) is 0. The summed E-state index contributed by atoms with van der Waals surface area (Å²) < 4.78 is 0. The molecule has 0 aromatic heterocycles. The molecule has 61 valence electrons. The Hall–Kier alpha value is 0.474. The molecule has 1 radical (unpaired) electrons. The van der Waals surface area contributed by atoms with E-state index in [1.165, 1.54) is 0 Å². The zero-order valence-corrected chi connectivity index (χ0v) is 9.16. The van der Waals surface area contributed by atoms with Crippen molar-refractivity contribution in [3.63, 3.8) is 0 Å². The molecule has 0 saturated carbocycles. The normalized spacial score (nSPS) is 4.91. The summed E-state index contributed by atoms with van der Waals surface area (Å²) in [7, 11) is 1.00. The number of hydrogen-bond acceptors (Lipinski definition) is 1. The molecule has 4 heteroatoms. The molecular weight excluding hydrogens is 219 g/mol. The van der Waals surface area contributed by atoms with Crippen LogP contribution in [0.5, 0.6) is 0 Å². The van der Waals surface area contributed by atoms with Crippen LogP contribution >= 0.6 is 0 Å². The molecular formula is C7H9Cl2OTi. The molecule has 0 spiro atoms. The predicted octanol–water partition coefficient (Wildman–Crippen LogP) is -4.90. The Morgan fingerprint density at radius 1 is 0.909 bits per heavy atom. The van der Waals surface area contributed by atoms with Crippen molar-refractivity contribution in [2.24, 2.45) is 0 Å². The van der Waals surface area contributed by atoms with Gasteiger partial charge in [-0.05, 0) is 0 Å². The van der Waals surface area contributed by atoms with Crippen LogP contribution in [0.1, 0.15) is 0 Å². The van der Waals surface area contributed by atoms with E-state index in [2.05, 4.69) is 6.07 Å². The van der Waals surface area contributed by atoms with Crippen molar-refractivity contribution in [3.05, 3.63) is 36.4 Å². The molecule has 0 saturated heterocycles. The average molecular weight is 228 g/mol. The maximum atomic E-state index is 7.00. The van der Waals surface area contributed by atoms with Crippen molar-refractivity contribution >= 4 is 0 Å². The predicted molar refractivity (Wildman–Crippen MR) is 33.4 cm³/mol. The molecule has 11 heavy (non-hydrogen) atoms. The first-order chi connectivity index (χ1) is 4.00. The van der Waals surface area contributed by atoms with Gasteiger partial charge in [0.25, 0.3) is 0 Å². The fourth-order valence-corrected chi connectivity index (χ4v) is 0.342. The van der Waals surface area contributed by atoms with Crippen LogP contribution in [-0.4, -0.2) is 12.2 Å². The van der Waals surface area contributed by atoms with E-state index >= 15 is 0 Å². The maximum absolute atomic E-state index is 7.00. The van der Waals surface area contributed by atoms with Gasteiger partial charge in [-0.3, -0.25) is 0 Å². The van der Waals surface area contributed by atoms with Crippen molar-refractivity contribution in [2.75, 3.05) is 7.11 Å². The molecule has 1 aromatic carbocycles. The van der Waals surface area contributed by atoms with E-state index in [1.54, 1.807) is 0 Å². The average Bonchev–Trinajstić information content (AvgIpc) is 1.96. The van der Waals surface area contributed by atoms with Crippen molar-refractivity contribution < 1.29 is 51.6 Å².